The highest BCUT2D eigenvalue weighted by atomic mass is 32.2. The van der Waals surface area contributed by atoms with Gasteiger partial charge >= 0.3 is 0 Å². The second kappa shape index (κ2) is 5.51. The lowest BCUT2D eigenvalue weighted by molar-refractivity contribution is 0.414. The number of methoxy groups -OCH3 is 1. The number of rotatable bonds is 7. The highest BCUT2D eigenvalue weighted by Crippen LogP contribution is 2.46. The molecule has 1 saturated carbocycles. The van der Waals surface area contributed by atoms with Crippen LogP contribution in [0.4, 0.5) is 0 Å². The van der Waals surface area contributed by atoms with Gasteiger partial charge in [0.05, 0.1) is 18.4 Å². The molecule has 1 fully saturated rings. The van der Waals surface area contributed by atoms with E-state index in [1.807, 2.05) is 31.2 Å². The summed E-state index contributed by atoms with van der Waals surface area (Å²) >= 11 is 0. The van der Waals surface area contributed by atoms with Gasteiger partial charge in [0.15, 0.2) is 0 Å². The fourth-order valence-electron chi connectivity index (χ4n) is 2.17. The first-order chi connectivity index (χ1) is 9.01. The Bertz CT molecular complexity index is 518. The maximum atomic E-state index is 12.0. The molecule has 1 aromatic rings. The van der Waals surface area contributed by atoms with Crippen molar-refractivity contribution < 1.29 is 13.2 Å². The second-order valence-electron chi connectivity index (χ2n) is 5.09. The molecule has 1 aliphatic carbocycles. The zero-order chi connectivity index (χ0) is 13.9. The van der Waals surface area contributed by atoms with Gasteiger partial charge in [0.1, 0.15) is 5.75 Å². The Kier molecular flexibility index (Phi) is 4.16. The molecule has 4 nitrogen and oxygen atoms in total. The van der Waals surface area contributed by atoms with Crippen LogP contribution in [0, 0.1) is 0 Å². The van der Waals surface area contributed by atoms with Gasteiger partial charge in [-0.25, -0.2) is 13.1 Å². The van der Waals surface area contributed by atoms with Crippen molar-refractivity contribution in [2.24, 2.45) is 0 Å². The summed E-state index contributed by atoms with van der Waals surface area (Å²) in [5, 5.41) is 0. The third kappa shape index (κ3) is 3.48. The van der Waals surface area contributed by atoms with E-state index in [0.29, 0.717) is 6.42 Å². The SMILES string of the molecule is CCCCS(=O)(=O)NC1(c2ccc(OC)cc2)CC1. The minimum atomic E-state index is -3.18. The Morgan fingerprint density at radius 3 is 2.37 bits per heavy atom. The van der Waals surface area contributed by atoms with Gasteiger partial charge < -0.3 is 4.74 Å². The van der Waals surface area contributed by atoms with Crippen LogP contribution in [0.25, 0.3) is 0 Å². The van der Waals surface area contributed by atoms with Gasteiger partial charge in [-0.2, -0.15) is 0 Å². The van der Waals surface area contributed by atoms with Crippen LogP contribution >= 0.6 is 0 Å². The van der Waals surface area contributed by atoms with E-state index in [-0.39, 0.29) is 11.3 Å². The molecule has 0 aromatic heterocycles. The maximum Gasteiger partial charge on any atom is 0.212 e. The predicted octanol–water partition coefficient (Wildman–Crippen LogP) is 2.40. The van der Waals surface area contributed by atoms with Crippen LogP contribution in [0.15, 0.2) is 24.3 Å². The smallest absolute Gasteiger partial charge is 0.212 e. The molecule has 106 valence electrons. The van der Waals surface area contributed by atoms with Crippen molar-refractivity contribution in [1.29, 1.82) is 0 Å². The van der Waals surface area contributed by atoms with Crippen LogP contribution in [0.2, 0.25) is 0 Å². The van der Waals surface area contributed by atoms with Gasteiger partial charge in [-0.05, 0) is 37.0 Å². The van der Waals surface area contributed by atoms with Crippen molar-refractivity contribution in [1.82, 2.24) is 4.72 Å². The summed E-state index contributed by atoms with van der Waals surface area (Å²) in [4.78, 5) is 0. The predicted molar refractivity (Wildman–Crippen MR) is 75.7 cm³/mol. The lowest BCUT2D eigenvalue weighted by Gasteiger charge is -2.18. The van der Waals surface area contributed by atoms with E-state index in [1.165, 1.54) is 0 Å². The molecular formula is C14H21NO3S. The molecule has 2 rings (SSSR count). The van der Waals surface area contributed by atoms with Crippen LogP contribution in [0.1, 0.15) is 38.2 Å². The first kappa shape index (κ1) is 14.3. The maximum absolute atomic E-state index is 12.0. The molecule has 0 amide bonds. The van der Waals surface area contributed by atoms with E-state index >= 15 is 0 Å². The zero-order valence-corrected chi connectivity index (χ0v) is 12.3. The zero-order valence-electron chi connectivity index (χ0n) is 11.5. The molecule has 0 saturated heterocycles. The van der Waals surface area contributed by atoms with Crippen LogP contribution < -0.4 is 9.46 Å². The average Bonchev–Trinajstić information content (AvgIpc) is 3.17. The van der Waals surface area contributed by atoms with E-state index in [9.17, 15) is 8.42 Å². The van der Waals surface area contributed by atoms with Gasteiger partial charge in [0.25, 0.3) is 0 Å². The van der Waals surface area contributed by atoms with Crippen molar-refractivity contribution in [2.45, 2.75) is 38.1 Å². The first-order valence-corrected chi connectivity index (χ1v) is 8.33. The summed E-state index contributed by atoms with van der Waals surface area (Å²) in [7, 11) is -1.56. The summed E-state index contributed by atoms with van der Waals surface area (Å²) in [6, 6.07) is 7.62. The molecule has 1 aromatic carbocycles. The number of hydrogen-bond acceptors (Lipinski definition) is 3. The van der Waals surface area contributed by atoms with Gasteiger partial charge in [0.2, 0.25) is 10.0 Å². The molecule has 19 heavy (non-hydrogen) atoms. The number of benzene rings is 1. The van der Waals surface area contributed by atoms with Gasteiger partial charge in [-0.3, -0.25) is 0 Å². The first-order valence-electron chi connectivity index (χ1n) is 6.67. The average molecular weight is 283 g/mol. The molecule has 0 atom stereocenters. The Labute approximate surface area is 115 Å². The standard InChI is InChI=1S/C14H21NO3S/c1-3-4-11-19(16,17)15-14(9-10-14)12-5-7-13(18-2)8-6-12/h5-8,15H,3-4,9-11H2,1-2H3. The van der Waals surface area contributed by atoms with Crippen molar-refractivity contribution in [2.75, 3.05) is 12.9 Å². The highest BCUT2D eigenvalue weighted by Gasteiger charge is 2.47. The lowest BCUT2D eigenvalue weighted by Crippen LogP contribution is -2.36. The summed E-state index contributed by atoms with van der Waals surface area (Å²) < 4.78 is 32.0. The van der Waals surface area contributed by atoms with Crippen molar-refractivity contribution in [3.8, 4) is 5.75 Å². The fourth-order valence-corrected chi connectivity index (χ4v) is 3.86. The third-order valence-electron chi connectivity index (χ3n) is 3.51. The number of hydrogen-bond donors (Lipinski definition) is 1. The fraction of sp³-hybridized carbons (Fsp3) is 0.571. The van der Waals surface area contributed by atoms with Crippen LogP contribution in [-0.4, -0.2) is 21.3 Å². The minimum absolute atomic E-state index is 0.210. The minimum Gasteiger partial charge on any atom is -0.497 e. The molecule has 0 heterocycles. The molecule has 1 aliphatic rings. The monoisotopic (exact) mass is 283 g/mol. The largest absolute Gasteiger partial charge is 0.497 e. The quantitative estimate of drug-likeness (QED) is 0.836. The van der Waals surface area contributed by atoms with Gasteiger partial charge in [-0.1, -0.05) is 25.5 Å². The van der Waals surface area contributed by atoms with Gasteiger partial charge in [-0.15, -0.1) is 0 Å². The number of ether oxygens (including phenoxy) is 1. The Balaban J connectivity index is 2.10. The van der Waals surface area contributed by atoms with Crippen molar-refractivity contribution >= 4 is 10.0 Å². The Hall–Kier alpha value is -1.07. The summed E-state index contributed by atoms with van der Waals surface area (Å²) in [5.41, 5.74) is 0.645. The molecule has 1 N–H and O–H groups in total. The van der Waals surface area contributed by atoms with E-state index in [0.717, 1.165) is 30.6 Å². The molecular weight excluding hydrogens is 262 g/mol. The number of unbranched alkanes of at least 4 members (excludes halogenated alkanes) is 1. The Morgan fingerprint density at radius 1 is 1.26 bits per heavy atom. The van der Waals surface area contributed by atoms with Crippen molar-refractivity contribution in [3.63, 3.8) is 0 Å². The molecule has 0 aliphatic heterocycles. The Morgan fingerprint density at radius 2 is 1.89 bits per heavy atom. The highest BCUT2D eigenvalue weighted by molar-refractivity contribution is 7.89. The van der Waals surface area contributed by atoms with Crippen LogP contribution in [-0.2, 0) is 15.6 Å². The molecule has 0 spiro atoms. The summed E-state index contributed by atoms with van der Waals surface area (Å²) in [5.74, 6) is 0.995. The second-order valence-corrected chi connectivity index (χ2v) is 6.93. The summed E-state index contributed by atoms with van der Waals surface area (Å²) in [6.45, 7) is 1.99. The number of nitrogens with one attached hydrogen (secondary N) is 1. The van der Waals surface area contributed by atoms with E-state index < -0.39 is 10.0 Å². The van der Waals surface area contributed by atoms with E-state index in [2.05, 4.69) is 4.72 Å². The molecule has 0 bridgehead atoms. The summed E-state index contributed by atoms with van der Waals surface area (Å²) in [6.07, 6.45) is 3.32. The molecule has 0 radical (unpaired) electrons. The van der Waals surface area contributed by atoms with E-state index in [4.69, 9.17) is 4.74 Å². The molecule has 5 heteroatoms. The van der Waals surface area contributed by atoms with Crippen LogP contribution in [0.5, 0.6) is 5.75 Å². The topological polar surface area (TPSA) is 55.4 Å². The molecule has 0 unspecified atom stereocenters. The third-order valence-corrected chi connectivity index (χ3v) is 5.04. The van der Waals surface area contributed by atoms with E-state index in [1.54, 1.807) is 7.11 Å². The number of sulfonamides is 1. The van der Waals surface area contributed by atoms with Crippen molar-refractivity contribution in [3.05, 3.63) is 29.8 Å². The lowest BCUT2D eigenvalue weighted by atomic mass is 10.1. The normalized spacial score (nSPS) is 17.2. The van der Waals surface area contributed by atoms with Gasteiger partial charge in [0, 0.05) is 0 Å². The van der Waals surface area contributed by atoms with Crippen LogP contribution in [0.3, 0.4) is 0 Å².